The fraction of sp³-hybridized carbons (Fsp3) is 0.143. The van der Waals surface area contributed by atoms with Gasteiger partial charge in [0.1, 0.15) is 5.54 Å². The Hall–Kier alpha value is -3.34. The average molecular weight is 348 g/mol. The predicted octanol–water partition coefficient (Wildman–Crippen LogP) is 0.458. The quantitative estimate of drug-likeness (QED) is 0.748. The summed E-state index contributed by atoms with van der Waals surface area (Å²) in [5.74, 6) is -1.54. The molecule has 0 unspecified atom stereocenters. The predicted molar refractivity (Wildman–Crippen MR) is 100 cm³/mol. The van der Waals surface area contributed by atoms with E-state index in [2.05, 4.69) is 11.9 Å². The molecule has 0 aliphatic heterocycles. The van der Waals surface area contributed by atoms with E-state index in [0.717, 1.165) is 11.1 Å². The van der Waals surface area contributed by atoms with Crippen molar-refractivity contribution < 1.29 is 14.7 Å². The van der Waals surface area contributed by atoms with Crippen LogP contribution in [0, 0.1) is 0 Å². The van der Waals surface area contributed by atoms with Crippen molar-refractivity contribution in [2.24, 2.45) is 5.73 Å². The molecular formula is C21H20N2O3. The average Bonchev–Trinajstić information content (AvgIpc) is 3.00. The van der Waals surface area contributed by atoms with Crippen LogP contribution in [0.3, 0.4) is 0 Å². The van der Waals surface area contributed by atoms with Crippen molar-refractivity contribution in [3.05, 3.63) is 82.4 Å². The lowest BCUT2D eigenvalue weighted by atomic mass is 9.94. The molecule has 5 heteroatoms. The molecule has 4 N–H and O–H groups in total. The minimum atomic E-state index is -1.37. The molecule has 0 bridgehead atoms. The summed E-state index contributed by atoms with van der Waals surface area (Å²) in [6.45, 7) is 3.93. The Morgan fingerprint density at radius 2 is 1.65 bits per heavy atom. The minimum absolute atomic E-state index is 0.246. The van der Waals surface area contributed by atoms with E-state index in [1.807, 2.05) is 30.3 Å². The van der Waals surface area contributed by atoms with Crippen LogP contribution in [0.4, 0.5) is 0 Å². The monoisotopic (exact) mass is 348 g/mol. The number of carbonyl (C=O) groups excluding carboxylic acids is 1. The molecule has 0 atom stereocenters. The zero-order chi connectivity index (χ0) is 18.7. The van der Waals surface area contributed by atoms with Crippen LogP contribution in [0.15, 0.2) is 60.8 Å². The van der Waals surface area contributed by atoms with Gasteiger partial charge in [0, 0.05) is 18.4 Å². The third-order valence-electron chi connectivity index (χ3n) is 4.68. The van der Waals surface area contributed by atoms with Crippen molar-refractivity contribution in [2.45, 2.75) is 18.4 Å². The first kappa shape index (κ1) is 17.5. The molecule has 0 fully saturated rings. The van der Waals surface area contributed by atoms with Gasteiger partial charge < -0.3 is 16.2 Å². The van der Waals surface area contributed by atoms with Crippen molar-refractivity contribution >= 4 is 24.0 Å². The van der Waals surface area contributed by atoms with Gasteiger partial charge in [-0.05, 0) is 33.8 Å². The molecule has 1 amide bonds. The van der Waals surface area contributed by atoms with Gasteiger partial charge in [0.05, 0.1) is 0 Å². The van der Waals surface area contributed by atoms with Crippen LogP contribution >= 0.6 is 0 Å². The van der Waals surface area contributed by atoms with Crippen molar-refractivity contribution in [3.63, 3.8) is 0 Å². The number of carbonyl (C=O) groups is 2. The number of nitrogens with one attached hydrogen (secondary N) is 1. The summed E-state index contributed by atoms with van der Waals surface area (Å²) in [4.78, 5) is 25.0. The van der Waals surface area contributed by atoms with Gasteiger partial charge in [-0.25, -0.2) is 4.79 Å². The summed E-state index contributed by atoms with van der Waals surface area (Å²) in [5.41, 5.74) is 6.29. The zero-order valence-corrected chi connectivity index (χ0v) is 14.2. The lowest BCUT2D eigenvalue weighted by molar-refractivity contribution is -0.146. The maximum Gasteiger partial charge on any atom is 0.330 e. The van der Waals surface area contributed by atoms with Gasteiger partial charge in [-0.2, -0.15) is 0 Å². The van der Waals surface area contributed by atoms with Crippen LogP contribution < -0.4 is 21.5 Å². The number of nitrogens with two attached hydrogens (primary N) is 1. The molecule has 0 aromatic heterocycles. The van der Waals surface area contributed by atoms with E-state index in [9.17, 15) is 14.7 Å². The molecule has 0 heterocycles. The molecule has 2 aromatic rings. The lowest BCUT2D eigenvalue weighted by Crippen LogP contribution is -2.56. The van der Waals surface area contributed by atoms with Gasteiger partial charge in [0.15, 0.2) is 0 Å². The summed E-state index contributed by atoms with van der Waals surface area (Å²) in [7, 11) is 0. The number of carboxylic acid groups (broad SMARTS) is 1. The number of carboxylic acids is 1. The number of hydrogen-bond acceptors (Lipinski definition) is 3. The van der Waals surface area contributed by atoms with Gasteiger partial charge in [-0.3, -0.25) is 4.79 Å². The second-order valence-corrected chi connectivity index (χ2v) is 6.39. The van der Waals surface area contributed by atoms with Crippen molar-refractivity contribution in [3.8, 4) is 0 Å². The Bertz CT molecular complexity index is 983. The molecular weight excluding hydrogens is 328 g/mol. The molecule has 5 nitrogen and oxygen atoms in total. The van der Waals surface area contributed by atoms with Crippen molar-refractivity contribution in [1.82, 2.24) is 5.32 Å². The van der Waals surface area contributed by atoms with Crippen LogP contribution in [0.1, 0.15) is 11.1 Å². The summed E-state index contributed by atoms with van der Waals surface area (Å²) in [5, 5.41) is 13.9. The molecule has 1 aliphatic rings. The Kier molecular flexibility index (Phi) is 4.63. The van der Waals surface area contributed by atoms with E-state index in [-0.39, 0.29) is 18.4 Å². The lowest BCUT2D eigenvalue weighted by Gasteiger charge is -2.25. The Labute approximate surface area is 151 Å². The minimum Gasteiger partial charge on any atom is -0.479 e. The highest BCUT2D eigenvalue weighted by molar-refractivity contribution is 6.18. The van der Waals surface area contributed by atoms with Crippen LogP contribution in [0.2, 0.25) is 0 Å². The van der Waals surface area contributed by atoms with E-state index in [1.165, 1.54) is 12.3 Å². The fourth-order valence-electron chi connectivity index (χ4n) is 3.36. The highest BCUT2D eigenvalue weighted by Gasteiger charge is 2.45. The second-order valence-electron chi connectivity index (χ2n) is 6.39. The second kappa shape index (κ2) is 6.88. The molecule has 0 saturated heterocycles. The highest BCUT2D eigenvalue weighted by Crippen LogP contribution is 2.30. The molecule has 0 spiro atoms. The maximum absolute atomic E-state index is 13.0. The summed E-state index contributed by atoms with van der Waals surface area (Å²) in [6, 6.07) is 14.7. The topological polar surface area (TPSA) is 92.4 Å². The maximum atomic E-state index is 13.0. The fourth-order valence-corrected chi connectivity index (χ4v) is 3.36. The van der Waals surface area contributed by atoms with E-state index in [4.69, 9.17) is 5.73 Å². The van der Waals surface area contributed by atoms with E-state index < -0.39 is 17.4 Å². The molecule has 2 aromatic carbocycles. The van der Waals surface area contributed by atoms with Gasteiger partial charge in [-0.1, -0.05) is 55.1 Å². The summed E-state index contributed by atoms with van der Waals surface area (Å²) >= 11 is 0. The summed E-state index contributed by atoms with van der Waals surface area (Å²) in [6.07, 6.45) is 3.22. The number of rotatable bonds is 4. The van der Waals surface area contributed by atoms with Crippen LogP contribution in [-0.4, -0.2) is 22.5 Å². The molecule has 3 rings (SSSR count). The summed E-state index contributed by atoms with van der Waals surface area (Å²) < 4.78 is 0. The smallest absolute Gasteiger partial charge is 0.330 e. The Morgan fingerprint density at radius 3 is 2.19 bits per heavy atom. The molecule has 132 valence electrons. The van der Waals surface area contributed by atoms with Gasteiger partial charge >= 0.3 is 5.97 Å². The van der Waals surface area contributed by atoms with Crippen LogP contribution in [0.25, 0.3) is 12.2 Å². The molecule has 26 heavy (non-hydrogen) atoms. The Balaban J connectivity index is 2.02. The van der Waals surface area contributed by atoms with Crippen molar-refractivity contribution in [2.75, 3.05) is 0 Å². The first-order valence-electron chi connectivity index (χ1n) is 8.26. The number of aliphatic carboxylic acids is 1. The number of fused-ring (bicyclic) bond motifs is 1. The first-order chi connectivity index (χ1) is 12.5. The zero-order valence-electron chi connectivity index (χ0n) is 14.2. The van der Waals surface area contributed by atoms with Crippen LogP contribution in [-0.2, 0) is 22.4 Å². The van der Waals surface area contributed by atoms with Gasteiger partial charge in [0.2, 0.25) is 0 Å². The van der Waals surface area contributed by atoms with E-state index in [0.29, 0.717) is 10.4 Å². The number of hydrogen-bond donors (Lipinski definition) is 3. The highest BCUT2D eigenvalue weighted by atomic mass is 16.4. The standard InChI is InChI=1S/C21H20N2O3/c1-14-6-2-5-9-17(14)18(10-11-22)19(24)23-21(20(25)26)12-15-7-3-4-8-16(15)13-21/h2-11H,1,12-13,22H2,(H,23,24)(H,25,26)/b11-10-,18-17+. The molecule has 0 saturated carbocycles. The van der Waals surface area contributed by atoms with Crippen molar-refractivity contribution in [1.29, 1.82) is 0 Å². The number of benzene rings is 2. The van der Waals surface area contributed by atoms with Gasteiger partial charge in [0.25, 0.3) is 5.91 Å². The SMILES string of the molecule is C=c1cccc/c1=C(/C=C\N)C(=O)NC1(C(=O)O)Cc2ccccc2C1. The van der Waals surface area contributed by atoms with E-state index >= 15 is 0 Å². The third kappa shape index (κ3) is 3.11. The normalized spacial score (nSPS) is 16.2. The van der Waals surface area contributed by atoms with Crippen LogP contribution in [0.5, 0.6) is 0 Å². The largest absolute Gasteiger partial charge is 0.479 e. The van der Waals surface area contributed by atoms with E-state index in [1.54, 1.807) is 18.2 Å². The third-order valence-corrected chi connectivity index (χ3v) is 4.68. The molecule has 0 radical (unpaired) electrons. The Morgan fingerprint density at radius 1 is 1.08 bits per heavy atom. The van der Waals surface area contributed by atoms with Gasteiger partial charge in [-0.15, -0.1) is 0 Å². The first-order valence-corrected chi connectivity index (χ1v) is 8.26. The molecule has 1 aliphatic carbocycles. The number of amides is 1.